The zero-order valence-corrected chi connectivity index (χ0v) is 17.6. The first kappa shape index (κ1) is 21.6. The summed E-state index contributed by atoms with van der Waals surface area (Å²) < 4.78 is 11.0. The van der Waals surface area contributed by atoms with Gasteiger partial charge in [-0.05, 0) is 53.1 Å². The van der Waals surface area contributed by atoms with Gasteiger partial charge in [-0.25, -0.2) is 9.59 Å². The average molecular weight is 439 g/mol. The Morgan fingerprint density at radius 1 is 0.758 bits per heavy atom. The van der Waals surface area contributed by atoms with Crippen LogP contribution in [0.15, 0.2) is 103 Å². The molecule has 0 atom stereocenters. The van der Waals surface area contributed by atoms with Crippen LogP contribution in [0, 0.1) is 0 Å². The van der Waals surface area contributed by atoms with Crippen molar-refractivity contribution in [2.75, 3.05) is 5.32 Å². The summed E-state index contributed by atoms with van der Waals surface area (Å²) in [6.45, 7) is 0.278. The fourth-order valence-corrected chi connectivity index (χ4v) is 3.22. The lowest BCUT2D eigenvalue weighted by molar-refractivity contribution is 0.0691. The van der Waals surface area contributed by atoms with Crippen LogP contribution in [-0.4, -0.2) is 17.2 Å². The van der Waals surface area contributed by atoms with Crippen molar-refractivity contribution in [3.63, 3.8) is 0 Å². The van der Waals surface area contributed by atoms with Crippen LogP contribution in [0.3, 0.4) is 0 Å². The maximum Gasteiger partial charge on any atom is 0.417 e. The highest BCUT2D eigenvalue weighted by atomic mass is 16.6. The fourth-order valence-electron chi connectivity index (χ4n) is 3.22. The van der Waals surface area contributed by atoms with Crippen LogP contribution in [0.5, 0.6) is 11.5 Å². The van der Waals surface area contributed by atoms with Crippen molar-refractivity contribution >= 4 is 17.7 Å². The minimum atomic E-state index is -1.07. The highest BCUT2D eigenvalue weighted by Crippen LogP contribution is 2.28. The van der Waals surface area contributed by atoms with Gasteiger partial charge >= 0.3 is 12.1 Å². The van der Waals surface area contributed by atoms with Crippen molar-refractivity contribution in [2.45, 2.75) is 6.61 Å². The lowest BCUT2D eigenvalue weighted by atomic mass is 10.0. The molecular weight excluding hydrogens is 418 g/mol. The average Bonchev–Trinajstić information content (AvgIpc) is 2.84. The van der Waals surface area contributed by atoms with Gasteiger partial charge in [-0.3, -0.25) is 5.32 Å². The Balaban J connectivity index is 1.45. The highest BCUT2D eigenvalue weighted by molar-refractivity contribution is 5.93. The van der Waals surface area contributed by atoms with Crippen molar-refractivity contribution in [2.24, 2.45) is 0 Å². The molecule has 0 aromatic heterocycles. The zero-order valence-electron chi connectivity index (χ0n) is 17.6. The molecule has 164 valence electrons. The Morgan fingerprint density at radius 2 is 1.39 bits per heavy atom. The molecule has 4 aromatic rings. The molecule has 1 amide bonds. The van der Waals surface area contributed by atoms with E-state index in [0.29, 0.717) is 17.2 Å². The van der Waals surface area contributed by atoms with E-state index in [9.17, 15) is 14.7 Å². The number of aromatic carboxylic acids is 1. The second-order valence-corrected chi connectivity index (χ2v) is 7.20. The van der Waals surface area contributed by atoms with Gasteiger partial charge in [0.15, 0.2) is 0 Å². The van der Waals surface area contributed by atoms with Gasteiger partial charge in [0.25, 0.3) is 0 Å². The lowest BCUT2D eigenvalue weighted by Gasteiger charge is -2.12. The molecule has 6 nitrogen and oxygen atoms in total. The molecule has 0 radical (unpaired) electrons. The van der Waals surface area contributed by atoms with Gasteiger partial charge in [0.1, 0.15) is 23.7 Å². The zero-order chi connectivity index (χ0) is 23.0. The molecule has 0 aliphatic rings. The highest BCUT2D eigenvalue weighted by Gasteiger charge is 2.14. The van der Waals surface area contributed by atoms with Gasteiger partial charge in [-0.2, -0.15) is 0 Å². The standard InChI is InChI=1S/C27H21NO5/c29-26(30)24-17-21(13-16-25(24)32-18-19-7-3-1-4-8-19)20-11-14-22(15-12-20)28-27(31)33-23-9-5-2-6-10-23/h1-17H,18H2,(H,28,31)(H,29,30). The predicted octanol–water partition coefficient (Wildman–Crippen LogP) is 6.24. The summed E-state index contributed by atoms with van der Waals surface area (Å²) in [5, 5.41) is 12.3. The van der Waals surface area contributed by atoms with Gasteiger partial charge in [-0.15, -0.1) is 0 Å². The third kappa shape index (κ3) is 5.77. The number of para-hydroxylation sites is 1. The van der Waals surface area contributed by atoms with E-state index in [0.717, 1.165) is 16.7 Å². The van der Waals surface area contributed by atoms with Crippen molar-refractivity contribution in [1.82, 2.24) is 0 Å². The van der Waals surface area contributed by atoms with Crippen LogP contribution in [0.2, 0.25) is 0 Å². The molecule has 4 aromatic carbocycles. The number of carboxylic acid groups (broad SMARTS) is 1. The first-order chi connectivity index (χ1) is 16.1. The molecule has 6 heteroatoms. The summed E-state index contributed by atoms with van der Waals surface area (Å²) in [5.74, 6) is -0.318. The second-order valence-electron chi connectivity index (χ2n) is 7.20. The second kappa shape index (κ2) is 10.2. The Kier molecular flexibility index (Phi) is 6.66. The van der Waals surface area contributed by atoms with Crippen molar-refractivity contribution in [1.29, 1.82) is 0 Å². The third-order valence-corrected chi connectivity index (χ3v) is 4.87. The van der Waals surface area contributed by atoms with Gasteiger partial charge in [0, 0.05) is 5.69 Å². The summed E-state index contributed by atoms with van der Waals surface area (Å²) in [6, 6.07) is 30.4. The van der Waals surface area contributed by atoms with Crippen LogP contribution >= 0.6 is 0 Å². The van der Waals surface area contributed by atoms with E-state index >= 15 is 0 Å². The van der Waals surface area contributed by atoms with Gasteiger partial charge in [0.05, 0.1) is 0 Å². The molecule has 0 heterocycles. The van der Waals surface area contributed by atoms with Gasteiger partial charge < -0.3 is 14.6 Å². The van der Waals surface area contributed by atoms with Crippen LogP contribution in [0.25, 0.3) is 11.1 Å². The number of hydrogen-bond acceptors (Lipinski definition) is 4. The molecule has 0 spiro atoms. The van der Waals surface area contributed by atoms with E-state index in [1.165, 1.54) is 0 Å². The summed E-state index contributed by atoms with van der Waals surface area (Å²) >= 11 is 0. The van der Waals surface area contributed by atoms with Crippen LogP contribution in [0.4, 0.5) is 10.5 Å². The van der Waals surface area contributed by atoms with E-state index in [1.54, 1.807) is 66.7 Å². The largest absolute Gasteiger partial charge is 0.488 e. The molecule has 33 heavy (non-hydrogen) atoms. The Labute approximate surface area is 191 Å². The Hall–Kier alpha value is -4.58. The summed E-state index contributed by atoms with van der Waals surface area (Å²) in [5.41, 5.74) is 3.11. The quantitative estimate of drug-likeness (QED) is 0.356. The lowest BCUT2D eigenvalue weighted by Crippen LogP contribution is -2.16. The molecule has 0 bridgehead atoms. The maximum atomic E-state index is 12.0. The van der Waals surface area contributed by atoms with Crippen LogP contribution < -0.4 is 14.8 Å². The molecule has 0 unspecified atom stereocenters. The van der Waals surface area contributed by atoms with Gasteiger partial charge in [-0.1, -0.05) is 66.7 Å². The Bertz CT molecular complexity index is 1240. The molecule has 0 fully saturated rings. The van der Waals surface area contributed by atoms with E-state index in [1.807, 2.05) is 36.4 Å². The molecular formula is C27H21NO5. The molecule has 2 N–H and O–H groups in total. The topological polar surface area (TPSA) is 84.9 Å². The van der Waals surface area contributed by atoms with Crippen molar-refractivity contribution < 1.29 is 24.2 Å². The number of benzene rings is 4. The van der Waals surface area contributed by atoms with Crippen LogP contribution in [0.1, 0.15) is 15.9 Å². The minimum Gasteiger partial charge on any atom is -0.488 e. The van der Waals surface area contributed by atoms with E-state index in [4.69, 9.17) is 9.47 Å². The molecule has 4 rings (SSSR count). The Morgan fingerprint density at radius 3 is 2.06 bits per heavy atom. The van der Waals surface area contributed by atoms with Gasteiger partial charge in [0.2, 0.25) is 0 Å². The van der Waals surface area contributed by atoms with E-state index in [2.05, 4.69) is 5.32 Å². The number of nitrogens with one attached hydrogen (secondary N) is 1. The maximum absolute atomic E-state index is 12.0. The molecule has 0 aliphatic carbocycles. The fraction of sp³-hybridized carbons (Fsp3) is 0.0370. The number of carbonyl (C=O) groups excluding carboxylic acids is 1. The number of carboxylic acids is 1. The summed E-state index contributed by atoms with van der Waals surface area (Å²) in [6.07, 6.45) is -0.595. The number of ether oxygens (including phenoxy) is 2. The van der Waals surface area contributed by atoms with Crippen LogP contribution in [-0.2, 0) is 6.61 Å². The van der Waals surface area contributed by atoms with E-state index in [-0.39, 0.29) is 12.2 Å². The number of anilines is 1. The van der Waals surface area contributed by atoms with Crippen molar-refractivity contribution in [3.05, 3.63) is 114 Å². The summed E-state index contributed by atoms with van der Waals surface area (Å²) in [4.78, 5) is 23.8. The van der Waals surface area contributed by atoms with E-state index < -0.39 is 12.1 Å². The van der Waals surface area contributed by atoms with Crippen molar-refractivity contribution in [3.8, 4) is 22.6 Å². The predicted molar refractivity (Wildman–Crippen MR) is 126 cm³/mol. The first-order valence-electron chi connectivity index (χ1n) is 10.3. The minimum absolute atomic E-state index is 0.0806. The molecule has 0 saturated heterocycles. The number of rotatable bonds is 7. The monoisotopic (exact) mass is 439 g/mol. The first-order valence-corrected chi connectivity index (χ1v) is 10.3. The number of hydrogen-bond donors (Lipinski definition) is 2. The molecule has 0 aliphatic heterocycles. The smallest absolute Gasteiger partial charge is 0.417 e. The number of amides is 1. The summed E-state index contributed by atoms with van der Waals surface area (Å²) in [7, 11) is 0. The SMILES string of the molecule is O=C(Nc1ccc(-c2ccc(OCc3ccccc3)c(C(=O)O)c2)cc1)Oc1ccccc1. The number of carbonyl (C=O) groups is 2. The third-order valence-electron chi connectivity index (χ3n) is 4.87. The molecule has 0 saturated carbocycles. The normalized spacial score (nSPS) is 10.3.